The average Bonchev–Trinajstić information content (AvgIpc) is 2.86. The van der Waals surface area contributed by atoms with Crippen LogP contribution in [0.3, 0.4) is 0 Å². The monoisotopic (exact) mass is 526 g/mol. The second-order valence-corrected chi connectivity index (χ2v) is 10.6. The Morgan fingerprint density at radius 2 is 1.27 bits per heavy atom. The van der Waals surface area contributed by atoms with E-state index in [9.17, 15) is 14.4 Å². The molecule has 0 radical (unpaired) electrons. The smallest absolute Gasteiger partial charge is 0.308 e. The predicted octanol–water partition coefficient (Wildman–Crippen LogP) is 6.43. The predicted molar refractivity (Wildman–Crippen MR) is 151 cm³/mol. The Morgan fingerprint density at radius 3 is 1.92 bits per heavy atom. The molecule has 0 saturated carbocycles. The minimum absolute atomic E-state index is 0.0153. The molecule has 0 aromatic carbocycles. The van der Waals surface area contributed by atoms with Gasteiger partial charge in [0.2, 0.25) is 5.91 Å². The van der Waals surface area contributed by atoms with Crippen molar-refractivity contribution >= 4 is 17.8 Å². The molecule has 1 amide bonds. The van der Waals surface area contributed by atoms with E-state index in [4.69, 9.17) is 9.47 Å². The maximum Gasteiger partial charge on any atom is 0.308 e. The van der Waals surface area contributed by atoms with Gasteiger partial charge in [-0.3, -0.25) is 14.4 Å². The first-order valence-corrected chi connectivity index (χ1v) is 15.1. The molecule has 0 spiro atoms. The Kier molecular flexibility index (Phi) is 24.9. The van der Waals surface area contributed by atoms with Gasteiger partial charge in [-0.2, -0.15) is 0 Å². The SMILES string of the molecule is CCCCCCCCC(CCCCCC)C(=O)OCCCCC(=O)OCCCNC(=O)CCCN(C)C. The van der Waals surface area contributed by atoms with Crippen LogP contribution in [0.4, 0.5) is 0 Å². The van der Waals surface area contributed by atoms with Crippen molar-refractivity contribution in [1.29, 1.82) is 0 Å². The topological polar surface area (TPSA) is 84.9 Å². The molecular weight excluding hydrogens is 468 g/mol. The number of esters is 2. The van der Waals surface area contributed by atoms with E-state index in [0.29, 0.717) is 51.9 Å². The van der Waals surface area contributed by atoms with Crippen LogP contribution in [0.25, 0.3) is 0 Å². The van der Waals surface area contributed by atoms with Crippen LogP contribution in [-0.4, -0.2) is 63.1 Å². The Balaban J connectivity index is 3.92. The third kappa shape index (κ3) is 24.5. The van der Waals surface area contributed by atoms with Crippen molar-refractivity contribution in [2.45, 2.75) is 129 Å². The summed E-state index contributed by atoms with van der Waals surface area (Å²) in [6.07, 6.45) is 17.6. The highest BCUT2D eigenvalue weighted by molar-refractivity contribution is 5.75. The van der Waals surface area contributed by atoms with E-state index in [2.05, 4.69) is 24.1 Å². The molecule has 0 aliphatic heterocycles. The van der Waals surface area contributed by atoms with Gasteiger partial charge >= 0.3 is 11.9 Å². The molecule has 0 rings (SSSR count). The Morgan fingerprint density at radius 1 is 0.676 bits per heavy atom. The lowest BCUT2D eigenvalue weighted by molar-refractivity contribution is -0.149. The van der Waals surface area contributed by atoms with E-state index >= 15 is 0 Å². The highest BCUT2D eigenvalue weighted by atomic mass is 16.5. The number of carbonyl (C=O) groups excluding carboxylic acids is 3. The normalized spacial score (nSPS) is 11.9. The van der Waals surface area contributed by atoms with Crippen LogP contribution in [0.2, 0.25) is 0 Å². The van der Waals surface area contributed by atoms with Gasteiger partial charge in [0.15, 0.2) is 0 Å². The number of nitrogens with one attached hydrogen (secondary N) is 1. The first-order chi connectivity index (χ1) is 17.9. The first-order valence-electron chi connectivity index (χ1n) is 15.1. The van der Waals surface area contributed by atoms with E-state index in [1.165, 1.54) is 51.4 Å². The molecule has 0 aliphatic rings. The zero-order valence-electron chi connectivity index (χ0n) is 24.6. The number of carbonyl (C=O) groups is 3. The van der Waals surface area contributed by atoms with Gasteiger partial charge in [-0.15, -0.1) is 0 Å². The third-order valence-electron chi connectivity index (χ3n) is 6.58. The molecule has 0 aromatic heterocycles. The minimum atomic E-state index is -0.236. The molecule has 1 unspecified atom stereocenters. The van der Waals surface area contributed by atoms with Crippen LogP contribution in [0.1, 0.15) is 129 Å². The molecule has 7 heteroatoms. The second-order valence-electron chi connectivity index (χ2n) is 10.6. The van der Waals surface area contributed by atoms with E-state index in [1.807, 2.05) is 14.1 Å². The van der Waals surface area contributed by atoms with Crippen molar-refractivity contribution < 1.29 is 23.9 Å². The third-order valence-corrected chi connectivity index (χ3v) is 6.58. The molecular formula is C30H58N2O5. The van der Waals surface area contributed by atoms with Crippen LogP contribution in [0.15, 0.2) is 0 Å². The van der Waals surface area contributed by atoms with Crippen molar-refractivity contribution in [3.05, 3.63) is 0 Å². The van der Waals surface area contributed by atoms with Crippen LogP contribution < -0.4 is 5.32 Å². The molecule has 7 nitrogen and oxygen atoms in total. The number of amides is 1. The zero-order valence-corrected chi connectivity index (χ0v) is 24.6. The Hall–Kier alpha value is -1.63. The zero-order chi connectivity index (χ0) is 27.6. The lowest BCUT2D eigenvalue weighted by atomic mass is 9.94. The summed E-state index contributed by atoms with van der Waals surface area (Å²) in [4.78, 5) is 38.4. The maximum atomic E-state index is 12.7. The lowest BCUT2D eigenvalue weighted by Crippen LogP contribution is -2.26. The fourth-order valence-corrected chi connectivity index (χ4v) is 4.23. The fourth-order valence-electron chi connectivity index (χ4n) is 4.23. The molecule has 1 N–H and O–H groups in total. The maximum absolute atomic E-state index is 12.7. The van der Waals surface area contributed by atoms with E-state index in [-0.39, 0.29) is 23.8 Å². The molecule has 1 atom stereocenters. The van der Waals surface area contributed by atoms with Crippen molar-refractivity contribution in [1.82, 2.24) is 10.2 Å². The quantitative estimate of drug-likeness (QED) is 0.103. The van der Waals surface area contributed by atoms with Crippen LogP contribution in [0.5, 0.6) is 0 Å². The average molecular weight is 527 g/mol. The summed E-state index contributed by atoms with van der Waals surface area (Å²) in [6.45, 7) is 6.51. The van der Waals surface area contributed by atoms with Crippen LogP contribution in [0, 0.1) is 5.92 Å². The Labute approximate surface area is 227 Å². The highest BCUT2D eigenvalue weighted by Gasteiger charge is 2.19. The molecule has 0 aromatic rings. The summed E-state index contributed by atoms with van der Waals surface area (Å²) < 4.78 is 10.8. The van der Waals surface area contributed by atoms with E-state index < -0.39 is 0 Å². The Bertz CT molecular complexity index is 568. The van der Waals surface area contributed by atoms with Crippen molar-refractivity contribution in [2.75, 3.05) is 40.4 Å². The standard InChI is InChI=1S/C30H58N2O5/c1-5-7-9-11-12-14-20-27(19-13-10-8-6-2)30(35)37-25-16-15-22-29(34)36-26-18-23-31-28(33)21-17-24-32(3)4/h27H,5-26H2,1-4H3,(H,31,33). The second kappa shape index (κ2) is 26.0. The minimum Gasteiger partial charge on any atom is -0.466 e. The van der Waals surface area contributed by atoms with Crippen LogP contribution >= 0.6 is 0 Å². The largest absolute Gasteiger partial charge is 0.466 e. The molecule has 0 bridgehead atoms. The molecule has 0 heterocycles. The van der Waals surface area contributed by atoms with E-state index in [1.54, 1.807) is 0 Å². The van der Waals surface area contributed by atoms with Gasteiger partial charge in [-0.25, -0.2) is 0 Å². The highest BCUT2D eigenvalue weighted by Crippen LogP contribution is 2.20. The van der Waals surface area contributed by atoms with Crippen molar-refractivity contribution in [3.63, 3.8) is 0 Å². The molecule has 0 aliphatic carbocycles. The van der Waals surface area contributed by atoms with Gasteiger partial charge in [0.25, 0.3) is 0 Å². The summed E-state index contributed by atoms with van der Waals surface area (Å²) >= 11 is 0. The summed E-state index contributed by atoms with van der Waals surface area (Å²) in [6, 6.07) is 0. The number of ether oxygens (including phenoxy) is 2. The first kappa shape index (κ1) is 35.4. The molecule has 218 valence electrons. The van der Waals surface area contributed by atoms with Gasteiger partial charge in [-0.1, -0.05) is 78.1 Å². The van der Waals surface area contributed by atoms with Crippen LogP contribution in [-0.2, 0) is 23.9 Å². The summed E-state index contributed by atoms with van der Waals surface area (Å²) in [5.74, 6) is -0.240. The van der Waals surface area contributed by atoms with Gasteiger partial charge in [0.05, 0.1) is 19.1 Å². The number of rotatable bonds is 26. The van der Waals surface area contributed by atoms with Gasteiger partial charge in [0, 0.05) is 19.4 Å². The van der Waals surface area contributed by atoms with Crippen molar-refractivity contribution in [3.8, 4) is 0 Å². The summed E-state index contributed by atoms with van der Waals surface area (Å²) in [5.41, 5.74) is 0. The van der Waals surface area contributed by atoms with Gasteiger partial charge in [-0.05, 0) is 59.2 Å². The molecule has 0 saturated heterocycles. The van der Waals surface area contributed by atoms with E-state index in [0.717, 1.165) is 38.6 Å². The number of hydrogen-bond donors (Lipinski definition) is 1. The molecule has 37 heavy (non-hydrogen) atoms. The summed E-state index contributed by atoms with van der Waals surface area (Å²) in [5, 5.41) is 2.86. The van der Waals surface area contributed by atoms with Gasteiger partial charge in [0.1, 0.15) is 0 Å². The fraction of sp³-hybridized carbons (Fsp3) is 0.900. The molecule has 0 fully saturated rings. The summed E-state index contributed by atoms with van der Waals surface area (Å²) in [7, 11) is 3.98. The lowest BCUT2D eigenvalue weighted by Gasteiger charge is -2.16. The number of hydrogen-bond acceptors (Lipinski definition) is 6. The number of nitrogens with zero attached hydrogens (tertiary/aromatic N) is 1. The van der Waals surface area contributed by atoms with Crippen molar-refractivity contribution in [2.24, 2.45) is 5.92 Å². The van der Waals surface area contributed by atoms with Gasteiger partial charge < -0.3 is 19.7 Å². The number of unbranched alkanes of at least 4 members (excludes halogenated alkanes) is 9.